The summed E-state index contributed by atoms with van der Waals surface area (Å²) in [4.78, 5) is 14.3. The van der Waals surface area contributed by atoms with E-state index in [4.69, 9.17) is 0 Å². The van der Waals surface area contributed by atoms with Gasteiger partial charge in [-0.15, -0.1) is 0 Å². The number of carbonyl (C=O) groups excluding carboxylic acids is 1. The second-order valence-electron chi connectivity index (χ2n) is 6.14. The number of fused-ring (bicyclic) bond motifs is 1. The molecule has 2 aliphatic carbocycles. The van der Waals surface area contributed by atoms with E-state index in [1.807, 2.05) is 31.0 Å². The topological polar surface area (TPSA) is 40.5 Å². The monoisotopic (exact) mass is 259 g/mol. The minimum absolute atomic E-state index is 0.0602. The molecule has 0 aliphatic heterocycles. The lowest BCUT2D eigenvalue weighted by atomic mass is 10.00. The van der Waals surface area contributed by atoms with Gasteiger partial charge < -0.3 is 10.0 Å². The van der Waals surface area contributed by atoms with Crippen LogP contribution in [0, 0.1) is 17.8 Å². The number of nitrogens with zero attached hydrogens (tertiary/aromatic N) is 1. The van der Waals surface area contributed by atoms with Crippen molar-refractivity contribution >= 4 is 5.91 Å². The summed E-state index contributed by atoms with van der Waals surface area (Å²) in [5.74, 6) is 2.47. The highest BCUT2D eigenvalue weighted by molar-refractivity contribution is 5.79. The highest BCUT2D eigenvalue weighted by atomic mass is 16.3. The summed E-state index contributed by atoms with van der Waals surface area (Å²) in [6.45, 7) is 2.04. The van der Waals surface area contributed by atoms with Gasteiger partial charge in [0, 0.05) is 13.0 Å². The van der Waals surface area contributed by atoms with E-state index in [-0.39, 0.29) is 23.6 Å². The van der Waals surface area contributed by atoms with Gasteiger partial charge in [0.1, 0.15) is 5.75 Å². The van der Waals surface area contributed by atoms with Crippen molar-refractivity contribution in [2.24, 2.45) is 17.8 Å². The van der Waals surface area contributed by atoms with Crippen molar-refractivity contribution in [3.8, 4) is 5.75 Å². The lowest BCUT2D eigenvalue weighted by Gasteiger charge is -2.28. The molecule has 1 aromatic rings. The molecule has 2 aliphatic rings. The van der Waals surface area contributed by atoms with Gasteiger partial charge in [0.05, 0.1) is 6.04 Å². The zero-order valence-corrected chi connectivity index (χ0v) is 11.5. The minimum Gasteiger partial charge on any atom is -0.508 e. The van der Waals surface area contributed by atoms with Crippen molar-refractivity contribution in [3.63, 3.8) is 0 Å². The highest BCUT2D eigenvalue weighted by Crippen LogP contribution is 2.54. The van der Waals surface area contributed by atoms with Gasteiger partial charge in [-0.3, -0.25) is 4.79 Å². The highest BCUT2D eigenvalue weighted by Gasteiger charge is 2.48. The first-order valence-electron chi connectivity index (χ1n) is 7.12. The largest absolute Gasteiger partial charge is 0.508 e. The molecule has 2 saturated carbocycles. The first-order valence-corrected chi connectivity index (χ1v) is 7.12. The number of phenols is 1. The Morgan fingerprint density at radius 3 is 2.37 bits per heavy atom. The number of hydrogen-bond acceptors (Lipinski definition) is 2. The second-order valence-corrected chi connectivity index (χ2v) is 6.14. The van der Waals surface area contributed by atoms with Crippen LogP contribution in [0.15, 0.2) is 24.3 Å². The first-order chi connectivity index (χ1) is 9.06. The standard InChI is InChI=1S/C16H21NO2/c1-10(11-3-5-15(18)6-4-11)17(2)16(19)14-8-12-7-13(12)9-14/h3-6,10,12-14,18H,7-9H2,1-2H3. The number of benzene rings is 1. The van der Waals surface area contributed by atoms with Crippen LogP contribution in [0.3, 0.4) is 0 Å². The van der Waals surface area contributed by atoms with Crippen molar-refractivity contribution in [1.82, 2.24) is 4.90 Å². The molecule has 0 saturated heterocycles. The summed E-state index contributed by atoms with van der Waals surface area (Å²) >= 11 is 0. The van der Waals surface area contributed by atoms with Gasteiger partial charge in [0.25, 0.3) is 0 Å². The van der Waals surface area contributed by atoms with E-state index in [0.29, 0.717) is 0 Å². The number of carbonyl (C=O) groups is 1. The van der Waals surface area contributed by atoms with Gasteiger partial charge in [-0.2, -0.15) is 0 Å². The van der Waals surface area contributed by atoms with E-state index in [9.17, 15) is 9.90 Å². The van der Waals surface area contributed by atoms with E-state index >= 15 is 0 Å². The summed E-state index contributed by atoms with van der Waals surface area (Å²) in [7, 11) is 1.89. The quantitative estimate of drug-likeness (QED) is 0.906. The fraction of sp³-hybridized carbons (Fsp3) is 0.562. The Bertz CT molecular complexity index is 472. The van der Waals surface area contributed by atoms with Crippen LogP contribution in [0.4, 0.5) is 0 Å². The third-order valence-electron chi connectivity index (χ3n) is 4.90. The number of amides is 1. The minimum atomic E-state index is 0.0602. The summed E-state index contributed by atoms with van der Waals surface area (Å²) in [5, 5.41) is 9.31. The van der Waals surface area contributed by atoms with Crippen LogP contribution in [0.1, 0.15) is 37.8 Å². The molecule has 3 nitrogen and oxygen atoms in total. The number of phenolic OH excluding ortho intramolecular Hbond substituents is 1. The van der Waals surface area contributed by atoms with Crippen molar-refractivity contribution in [1.29, 1.82) is 0 Å². The van der Waals surface area contributed by atoms with Crippen LogP contribution >= 0.6 is 0 Å². The van der Waals surface area contributed by atoms with E-state index in [0.717, 1.165) is 30.2 Å². The van der Waals surface area contributed by atoms with Crippen molar-refractivity contribution < 1.29 is 9.90 Å². The average Bonchev–Trinajstić information content (AvgIpc) is 3.03. The number of aromatic hydroxyl groups is 1. The summed E-state index contributed by atoms with van der Waals surface area (Å²) < 4.78 is 0. The number of rotatable bonds is 3. The molecule has 3 heteroatoms. The predicted molar refractivity (Wildman–Crippen MR) is 73.6 cm³/mol. The molecule has 1 aromatic carbocycles. The fourth-order valence-electron chi connectivity index (χ4n) is 3.37. The van der Waals surface area contributed by atoms with Gasteiger partial charge in [0.2, 0.25) is 5.91 Å². The maximum atomic E-state index is 12.5. The maximum absolute atomic E-state index is 12.5. The van der Waals surface area contributed by atoms with Crippen LogP contribution in [0.5, 0.6) is 5.75 Å². The zero-order chi connectivity index (χ0) is 13.6. The summed E-state index contributed by atoms with van der Waals surface area (Å²) in [6, 6.07) is 7.18. The Morgan fingerprint density at radius 1 is 1.21 bits per heavy atom. The molecule has 0 spiro atoms. The van der Waals surface area contributed by atoms with E-state index in [2.05, 4.69) is 0 Å². The molecule has 3 atom stereocenters. The molecular weight excluding hydrogens is 238 g/mol. The Hall–Kier alpha value is -1.51. The van der Waals surface area contributed by atoms with E-state index in [1.165, 1.54) is 6.42 Å². The van der Waals surface area contributed by atoms with Crippen LogP contribution in [-0.2, 0) is 4.79 Å². The van der Waals surface area contributed by atoms with Crippen molar-refractivity contribution in [2.75, 3.05) is 7.05 Å². The Labute approximate surface area is 114 Å². The Balaban J connectivity index is 1.66. The normalized spacial score (nSPS) is 29.7. The predicted octanol–water partition coefficient (Wildman–Crippen LogP) is 2.96. The lowest BCUT2D eigenvalue weighted by Crippen LogP contribution is -2.34. The molecule has 0 heterocycles. The maximum Gasteiger partial charge on any atom is 0.225 e. The Morgan fingerprint density at radius 2 is 1.79 bits per heavy atom. The molecule has 102 valence electrons. The number of hydrogen-bond donors (Lipinski definition) is 1. The van der Waals surface area contributed by atoms with Gasteiger partial charge in [-0.05, 0) is 55.7 Å². The van der Waals surface area contributed by atoms with Gasteiger partial charge in [0.15, 0.2) is 0 Å². The average molecular weight is 259 g/mol. The molecule has 3 unspecified atom stereocenters. The zero-order valence-electron chi connectivity index (χ0n) is 11.5. The van der Waals surface area contributed by atoms with Gasteiger partial charge in [-0.25, -0.2) is 0 Å². The molecule has 1 N–H and O–H groups in total. The van der Waals surface area contributed by atoms with Crippen molar-refractivity contribution in [2.45, 2.75) is 32.2 Å². The van der Waals surface area contributed by atoms with Gasteiger partial charge >= 0.3 is 0 Å². The van der Waals surface area contributed by atoms with E-state index < -0.39 is 0 Å². The molecule has 2 fully saturated rings. The second kappa shape index (κ2) is 4.55. The van der Waals surface area contributed by atoms with Crippen LogP contribution < -0.4 is 0 Å². The third kappa shape index (κ3) is 2.34. The smallest absolute Gasteiger partial charge is 0.225 e. The van der Waals surface area contributed by atoms with Crippen LogP contribution in [0.2, 0.25) is 0 Å². The summed E-state index contributed by atoms with van der Waals surface area (Å²) in [6.07, 6.45) is 3.54. The third-order valence-corrected chi connectivity index (χ3v) is 4.90. The molecule has 0 radical (unpaired) electrons. The van der Waals surface area contributed by atoms with Crippen LogP contribution in [-0.4, -0.2) is 23.0 Å². The van der Waals surface area contributed by atoms with Gasteiger partial charge in [-0.1, -0.05) is 12.1 Å². The fourth-order valence-corrected chi connectivity index (χ4v) is 3.37. The van der Waals surface area contributed by atoms with Crippen LogP contribution in [0.25, 0.3) is 0 Å². The SMILES string of the molecule is CC(c1ccc(O)cc1)N(C)C(=O)C1CC2CC2C1. The lowest BCUT2D eigenvalue weighted by molar-refractivity contribution is -0.136. The Kier molecular flexibility index (Phi) is 3.00. The molecule has 3 rings (SSSR count). The van der Waals surface area contributed by atoms with E-state index in [1.54, 1.807) is 12.1 Å². The molecule has 0 bridgehead atoms. The van der Waals surface area contributed by atoms with Crippen molar-refractivity contribution in [3.05, 3.63) is 29.8 Å². The first kappa shape index (κ1) is 12.5. The molecular formula is C16H21NO2. The molecule has 1 amide bonds. The molecule has 0 aromatic heterocycles. The molecule has 19 heavy (non-hydrogen) atoms. The summed E-state index contributed by atoms with van der Waals surface area (Å²) in [5.41, 5.74) is 1.07.